The maximum atomic E-state index is 11.5. The summed E-state index contributed by atoms with van der Waals surface area (Å²) in [6.07, 6.45) is 0.636. The van der Waals surface area contributed by atoms with Gasteiger partial charge in [0.1, 0.15) is 23.9 Å². The smallest absolute Gasteiger partial charge is 0.488 e. The van der Waals surface area contributed by atoms with Gasteiger partial charge in [0, 0.05) is 29.3 Å². The summed E-state index contributed by atoms with van der Waals surface area (Å²) in [7, 11) is 0.153. The molecule has 46 heavy (non-hydrogen) atoms. The summed E-state index contributed by atoms with van der Waals surface area (Å²) in [6, 6.07) is 18.2. The molecular formula is C32H33BN6O6S. The number of amides is 2. The molecule has 0 atom stereocenters. The van der Waals surface area contributed by atoms with Crippen molar-refractivity contribution in [2.45, 2.75) is 26.8 Å². The molecule has 0 aliphatic carbocycles. The first-order valence-corrected chi connectivity index (χ1v) is 15.3. The van der Waals surface area contributed by atoms with E-state index in [0.29, 0.717) is 25.0 Å². The molecule has 12 nitrogen and oxygen atoms in total. The van der Waals surface area contributed by atoms with Gasteiger partial charge in [0.25, 0.3) is 0 Å². The average molecular weight is 641 g/mol. The number of nitrogens with one attached hydrogen (secondary N) is 2. The van der Waals surface area contributed by atoms with Crippen molar-refractivity contribution in [2.24, 2.45) is 4.99 Å². The van der Waals surface area contributed by atoms with Crippen molar-refractivity contribution >= 4 is 51.5 Å². The minimum absolute atomic E-state index is 0.0272. The topological polar surface area (TPSA) is 171 Å². The molecule has 236 valence electrons. The fourth-order valence-electron chi connectivity index (χ4n) is 5.01. The highest BCUT2D eigenvalue weighted by molar-refractivity contribution is 7.17. The van der Waals surface area contributed by atoms with Crippen LogP contribution in [-0.4, -0.2) is 74.8 Å². The molecular weight excluding hydrogens is 607 g/mol. The van der Waals surface area contributed by atoms with Gasteiger partial charge < -0.3 is 30.5 Å². The van der Waals surface area contributed by atoms with Crippen LogP contribution in [0, 0.1) is 6.92 Å². The molecule has 1 aliphatic rings. The maximum Gasteiger partial charge on any atom is 0.488 e. The molecule has 0 unspecified atom stereocenters. The number of carbonyl (C=O) groups excluding carboxylic acids is 2. The number of hydrogen-bond acceptors (Lipinski definition) is 10. The quantitative estimate of drug-likeness (QED) is 0.160. The highest BCUT2D eigenvalue weighted by Gasteiger charge is 2.22. The zero-order valence-corrected chi connectivity index (χ0v) is 26.3. The van der Waals surface area contributed by atoms with Crippen LogP contribution in [0.5, 0.6) is 11.5 Å². The number of nitrogens with zero attached hydrogens (tertiary/aromatic N) is 4. The van der Waals surface area contributed by atoms with E-state index >= 15 is 0 Å². The highest BCUT2D eigenvalue weighted by Crippen LogP contribution is 2.29. The first-order chi connectivity index (χ1) is 22.1. The summed E-state index contributed by atoms with van der Waals surface area (Å²) in [4.78, 5) is 27.0. The molecule has 0 radical (unpaired) electrons. The number of thiophene rings is 1. The van der Waals surface area contributed by atoms with Crippen molar-refractivity contribution in [2.75, 3.05) is 20.2 Å². The molecule has 0 saturated carbocycles. The number of methoxy groups -OCH3 is 1. The number of aromatic nitrogens is 3. The standard InChI is InChI=1S/C18H16N4O2.C14H17BN2O4S/c1-11-20-21-17-10-19-18(12-3-5-13(23)6-4-12)15-9-14(24-2)7-8-16(15)22(11)17;1-9(18)17-7-14(19)16-5-4-10-8-22-13-3-2-11(15(20)21)6-12(10)13/h3-9,23H,10H2,1-2H3;2-3,6,8,20-21H,4-5,7H2,1H3,(H,16,19)(H,17,18). The Morgan fingerprint density at radius 3 is 2.54 bits per heavy atom. The van der Waals surface area contributed by atoms with Crippen LogP contribution in [0.15, 0.2) is 71.0 Å². The Morgan fingerprint density at radius 2 is 1.83 bits per heavy atom. The van der Waals surface area contributed by atoms with Gasteiger partial charge in [-0.3, -0.25) is 19.1 Å². The molecule has 3 heterocycles. The van der Waals surface area contributed by atoms with Gasteiger partial charge in [0.05, 0.1) is 25.1 Å². The number of phenolic OH excluding ortho intramolecular Hbond substituents is 1. The number of carbonyl (C=O) groups is 2. The van der Waals surface area contributed by atoms with Crippen molar-refractivity contribution < 1.29 is 29.5 Å². The summed E-state index contributed by atoms with van der Waals surface area (Å²) in [5.74, 6) is 2.13. The Kier molecular flexibility index (Phi) is 10.1. The molecule has 0 fully saturated rings. The first-order valence-electron chi connectivity index (χ1n) is 14.5. The van der Waals surface area contributed by atoms with E-state index in [9.17, 15) is 24.7 Å². The van der Waals surface area contributed by atoms with E-state index in [1.807, 2.05) is 53.3 Å². The van der Waals surface area contributed by atoms with E-state index in [2.05, 4.69) is 20.8 Å². The molecule has 5 aromatic rings. The van der Waals surface area contributed by atoms with Gasteiger partial charge in [-0.2, -0.15) is 0 Å². The lowest BCUT2D eigenvalue weighted by molar-refractivity contribution is -0.125. The van der Waals surface area contributed by atoms with E-state index in [1.165, 1.54) is 6.92 Å². The molecule has 3 aromatic carbocycles. The zero-order valence-electron chi connectivity index (χ0n) is 25.5. The summed E-state index contributed by atoms with van der Waals surface area (Å²) >= 11 is 1.57. The molecule has 5 N–H and O–H groups in total. The number of rotatable bonds is 8. The third-order valence-corrected chi connectivity index (χ3v) is 8.31. The predicted molar refractivity (Wildman–Crippen MR) is 177 cm³/mol. The third-order valence-electron chi connectivity index (χ3n) is 7.30. The fraction of sp³-hybridized carbons (Fsp3) is 0.219. The minimum Gasteiger partial charge on any atom is -0.508 e. The van der Waals surface area contributed by atoms with E-state index in [4.69, 9.17) is 9.73 Å². The van der Waals surface area contributed by atoms with E-state index in [1.54, 1.807) is 42.7 Å². The van der Waals surface area contributed by atoms with E-state index in [-0.39, 0.29) is 24.1 Å². The number of ether oxygens (including phenoxy) is 1. The van der Waals surface area contributed by atoms with Crippen molar-refractivity contribution in [1.82, 2.24) is 25.4 Å². The second-order valence-corrected chi connectivity index (χ2v) is 11.4. The highest BCUT2D eigenvalue weighted by atomic mass is 32.1. The second-order valence-electron chi connectivity index (χ2n) is 10.5. The van der Waals surface area contributed by atoms with Crippen molar-refractivity contribution in [3.05, 3.63) is 94.4 Å². The van der Waals surface area contributed by atoms with Crippen LogP contribution in [-0.2, 0) is 22.6 Å². The Balaban J connectivity index is 0.000000182. The molecule has 2 aromatic heterocycles. The molecule has 14 heteroatoms. The van der Waals surface area contributed by atoms with Crippen molar-refractivity contribution in [1.29, 1.82) is 0 Å². The van der Waals surface area contributed by atoms with Gasteiger partial charge in [-0.25, -0.2) is 0 Å². The van der Waals surface area contributed by atoms with Crippen LogP contribution in [0.25, 0.3) is 15.8 Å². The molecule has 0 saturated heterocycles. The molecule has 0 spiro atoms. The van der Waals surface area contributed by atoms with Gasteiger partial charge in [-0.15, -0.1) is 21.5 Å². The van der Waals surface area contributed by atoms with Gasteiger partial charge in [0.2, 0.25) is 11.8 Å². The van der Waals surface area contributed by atoms with Crippen molar-refractivity contribution in [3.63, 3.8) is 0 Å². The number of benzene rings is 3. The maximum absolute atomic E-state index is 11.5. The Labute approximate surface area is 269 Å². The number of aliphatic imine (C=N–C) groups is 1. The normalized spacial score (nSPS) is 11.7. The fourth-order valence-corrected chi connectivity index (χ4v) is 5.98. The summed E-state index contributed by atoms with van der Waals surface area (Å²) in [5.41, 5.74) is 5.18. The number of hydrogen-bond donors (Lipinski definition) is 5. The molecule has 2 amide bonds. The lowest BCUT2D eigenvalue weighted by Crippen LogP contribution is -2.36. The number of fused-ring (bicyclic) bond motifs is 4. The third kappa shape index (κ3) is 7.42. The largest absolute Gasteiger partial charge is 0.508 e. The Hall–Kier alpha value is -5.05. The van der Waals surface area contributed by atoms with E-state index < -0.39 is 7.12 Å². The number of aromatic hydroxyl groups is 1. The summed E-state index contributed by atoms with van der Waals surface area (Å²) in [6.45, 7) is 4.15. The SMILES string of the molecule is CC(=O)NCC(=O)NCCc1csc2ccc(B(O)O)cc12.COc1ccc2c(c1)C(c1ccc(O)cc1)=NCc1nnc(C)n1-2. The summed E-state index contributed by atoms with van der Waals surface area (Å²) in [5, 5.41) is 44.5. The lowest BCUT2D eigenvalue weighted by atomic mass is 9.80. The van der Waals surface area contributed by atoms with Gasteiger partial charge in [-0.05, 0) is 83.7 Å². The van der Waals surface area contributed by atoms with Gasteiger partial charge >= 0.3 is 7.12 Å². The van der Waals surface area contributed by atoms with Crippen LogP contribution >= 0.6 is 11.3 Å². The second kappa shape index (κ2) is 14.4. The molecule has 0 bridgehead atoms. The Bertz CT molecular complexity index is 1900. The van der Waals surface area contributed by atoms with E-state index in [0.717, 1.165) is 55.6 Å². The van der Waals surface area contributed by atoms with Crippen LogP contribution < -0.4 is 20.8 Å². The predicted octanol–water partition coefficient (Wildman–Crippen LogP) is 2.02. The summed E-state index contributed by atoms with van der Waals surface area (Å²) < 4.78 is 8.47. The monoisotopic (exact) mass is 640 g/mol. The average Bonchev–Trinajstić information content (AvgIpc) is 3.58. The zero-order chi connectivity index (χ0) is 32.8. The molecule has 6 rings (SSSR count). The van der Waals surface area contributed by atoms with Gasteiger partial charge in [-0.1, -0.05) is 12.1 Å². The van der Waals surface area contributed by atoms with Crippen LogP contribution in [0.4, 0.5) is 0 Å². The van der Waals surface area contributed by atoms with Crippen molar-refractivity contribution in [3.8, 4) is 17.2 Å². The van der Waals surface area contributed by atoms with Crippen LogP contribution in [0.3, 0.4) is 0 Å². The Morgan fingerprint density at radius 1 is 1.04 bits per heavy atom. The van der Waals surface area contributed by atoms with Crippen LogP contribution in [0.2, 0.25) is 0 Å². The van der Waals surface area contributed by atoms with Gasteiger partial charge in [0.15, 0.2) is 5.82 Å². The first kappa shape index (κ1) is 32.4. The number of aryl methyl sites for hydroxylation is 1. The van der Waals surface area contributed by atoms with Crippen LogP contribution in [0.1, 0.15) is 35.3 Å². The molecule has 1 aliphatic heterocycles. The lowest BCUT2D eigenvalue weighted by Gasteiger charge is -2.14. The number of phenols is 1. The minimum atomic E-state index is -1.49.